The van der Waals surface area contributed by atoms with Crippen molar-refractivity contribution >= 4 is 43.0 Å². The molecule has 0 aliphatic carbocycles. The highest BCUT2D eigenvalue weighted by molar-refractivity contribution is 7.91. The van der Waals surface area contributed by atoms with Gasteiger partial charge in [-0.3, -0.25) is 0 Å². The van der Waals surface area contributed by atoms with Crippen LogP contribution in [-0.2, 0) is 10.0 Å². The number of thiophene rings is 1. The van der Waals surface area contributed by atoms with E-state index in [0.717, 1.165) is 25.7 Å². The van der Waals surface area contributed by atoms with Crippen LogP contribution in [0.2, 0.25) is 5.02 Å². The van der Waals surface area contributed by atoms with Crippen LogP contribution in [0.5, 0.6) is 0 Å². The number of alkyl halides is 1. The Hall–Kier alpha value is -0.730. The van der Waals surface area contributed by atoms with E-state index in [1.807, 2.05) is 0 Å². The monoisotopic (exact) mass is 349 g/mol. The number of aliphatic hydroxyl groups excluding tert-OH is 1. The molecule has 21 heavy (non-hydrogen) atoms. The van der Waals surface area contributed by atoms with Gasteiger partial charge in [0, 0.05) is 22.8 Å². The fourth-order valence-electron chi connectivity index (χ4n) is 2.44. The molecule has 1 N–H and O–H groups in total. The van der Waals surface area contributed by atoms with E-state index in [0.29, 0.717) is 10.6 Å². The van der Waals surface area contributed by atoms with E-state index in [4.69, 9.17) is 11.6 Å². The summed E-state index contributed by atoms with van der Waals surface area (Å²) in [5, 5.41) is 10.7. The van der Waals surface area contributed by atoms with Gasteiger partial charge in [-0.2, -0.15) is 4.31 Å². The zero-order valence-electron chi connectivity index (χ0n) is 11.1. The average molecular weight is 350 g/mol. The highest BCUT2D eigenvalue weighted by atomic mass is 35.5. The number of hydrogen-bond acceptors (Lipinski definition) is 4. The van der Waals surface area contributed by atoms with Gasteiger partial charge in [-0.1, -0.05) is 11.6 Å². The van der Waals surface area contributed by atoms with Gasteiger partial charge in [0.2, 0.25) is 0 Å². The first-order valence-electron chi connectivity index (χ1n) is 6.31. The van der Waals surface area contributed by atoms with Gasteiger partial charge in [-0.15, -0.1) is 11.3 Å². The van der Waals surface area contributed by atoms with E-state index >= 15 is 0 Å². The number of sulfonamides is 1. The number of fused-ring (bicyclic) bond motifs is 1. The van der Waals surface area contributed by atoms with Gasteiger partial charge < -0.3 is 5.11 Å². The van der Waals surface area contributed by atoms with Crippen LogP contribution in [0, 0.1) is 6.92 Å². The summed E-state index contributed by atoms with van der Waals surface area (Å²) in [6.07, 6.45) is -2.80. The highest BCUT2D eigenvalue weighted by Crippen LogP contribution is 2.37. The Balaban J connectivity index is 2.09. The number of aryl methyl sites for hydroxylation is 1. The Labute approximate surface area is 130 Å². The molecule has 1 aromatic carbocycles. The van der Waals surface area contributed by atoms with Crippen molar-refractivity contribution in [3.8, 4) is 0 Å². The molecule has 0 bridgehead atoms. The molecule has 4 nitrogen and oxygen atoms in total. The van der Waals surface area contributed by atoms with Gasteiger partial charge in [-0.25, -0.2) is 12.8 Å². The highest BCUT2D eigenvalue weighted by Gasteiger charge is 2.40. The molecule has 3 rings (SSSR count). The standard InChI is InChI=1S/C13H13ClFNO3S2/c1-7-9-4-8(14)2-3-12(9)20-13(7)21(18,19)16-5-10(15)11(17)6-16/h2-4,10-11,17H,5-6H2,1H3/t10-,11-/m1/s1. The van der Waals surface area contributed by atoms with Gasteiger partial charge in [0.05, 0.1) is 0 Å². The number of β-amino-alcohol motifs (C(OH)–C–C–N with tert-alkyl or cyclic N) is 1. The number of aliphatic hydroxyl groups is 1. The molecule has 2 aromatic rings. The molecule has 1 aromatic heterocycles. The first-order valence-corrected chi connectivity index (χ1v) is 8.95. The zero-order valence-corrected chi connectivity index (χ0v) is 13.5. The maximum Gasteiger partial charge on any atom is 0.253 e. The third kappa shape index (κ3) is 2.47. The van der Waals surface area contributed by atoms with Crippen molar-refractivity contribution in [3.63, 3.8) is 0 Å². The Morgan fingerprint density at radius 1 is 1.43 bits per heavy atom. The molecular weight excluding hydrogens is 337 g/mol. The van der Waals surface area contributed by atoms with Crippen LogP contribution in [0.15, 0.2) is 22.4 Å². The van der Waals surface area contributed by atoms with Crippen LogP contribution < -0.4 is 0 Å². The maximum absolute atomic E-state index is 13.4. The molecular formula is C13H13ClFNO3S2. The van der Waals surface area contributed by atoms with Crippen LogP contribution >= 0.6 is 22.9 Å². The van der Waals surface area contributed by atoms with Crippen LogP contribution in [0.1, 0.15) is 5.56 Å². The molecule has 0 spiro atoms. The summed E-state index contributed by atoms with van der Waals surface area (Å²) in [6.45, 7) is 1.19. The van der Waals surface area contributed by atoms with Gasteiger partial charge in [0.15, 0.2) is 0 Å². The van der Waals surface area contributed by atoms with Crippen LogP contribution in [0.3, 0.4) is 0 Å². The van der Waals surface area contributed by atoms with Crippen molar-refractivity contribution in [2.24, 2.45) is 0 Å². The minimum atomic E-state index is -3.80. The molecule has 114 valence electrons. The van der Waals surface area contributed by atoms with Crippen molar-refractivity contribution in [1.29, 1.82) is 0 Å². The average Bonchev–Trinajstić information content (AvgIpc) is 2.92. The zero-order chi connectivity index (χ0) is 15.4. The summed E-state index contributed by atoms with van der Waals surface area (Å²) in [5.74, 6) is 0. The van der Waals surface area contributed by atoms with E-state index in [1.165, 1.54) is 0 Å². The number of rotatable bonds is 2. The lowest BCUT2D eigenvalue weighted by Crippen LogP contribution is -2.29. The van der Waals surface area contributed by atoms with Crippen LogP contribution in [0.4, 0.5) is 4.39 Å². The first kappa shape index (κ1) is 15.2. The largest absolute Gasteiger partial charge is 0.389 e. The van der Waals surface area contributed by atoms with Crippen molar-refractivity contribution in [1.82, 2.24) is 4.31 Å². The molecule has 8 heteroatoms. The fraction of sp³-hybridized carbons (Fsp3) is 0.385. The molecule has 1 saturated heterocycles. The van der Waals surface area contributed by atoms with E-state index in [1.54, 1.807) is 25.1 Å². The van der Waals surface area contributed by atoms with Crippen molar-refractivity contribution in [2.45, 2.75) is 23.4 Å². The first-order chi connectivity index (χ1) is 9.80. The third-order valence-corrected chi connectivity index (χ3v) is 7.55. The molecule has 0 unspecified atom stereocenters. The number of nitrogens with zero attached hydrogens (tertiary/aromatic N) is 1. The predicted octanol–water partition coefficient (Wildman–Crippen LogP) is 2.57. The molecule has 0 radical (unpaired) electrons. The van der Waals surface area contributed by atoms with Gasteiger partial charge in [0.25, 0.3) is 10.0 Å². The van der Waals surface area contributed by atoms with Gasteiger partial charge in [0.1, 0.15) is 16.5 Å². The minimum Gasteiger partial charge on any atom is -0.389 e. The lowest BCUT2D eigenvalue weighted by atomic mass is 10.2. The smallest absolute Gasteiger partial charge is 0.253 e. The van der Waals surface area contributed by atoms with Crippen molar-refractivity contribution < 1.29 is 17.9 Å². The van der Waals surface area contributed by atoms with Crippen LogP contribution in [0.25, 0.3) is 10.1 Å². The molecule has 2 atom stereocenters. The van der Waals surface area contributed by atoms with E-state index in [9.17, 15) is 17.9 Å². The minimum absolute atomic E-state index is 0.182. The topological polar surface area (TPSA) is 57.6 Å². The van der Waals surface area contributed by atoms with Crippen molar-refractivity contribution in [2.75, 3.05) is 13.1 Å². The molecule has 0 saturated carbocycles. The Morgan fingerprint density at radius 3 is 2.76 bits per heavy atom. The molecule has 1 fully saturated rings. The number of hydrogen-bond donors (Lipinski definition) is 1. The fourth-order valence-corrected chi connectivity index (χ4v) is 5.96. The maximum atomic E-state index is 13.4. The normalized spacial score (nSPS) is 24.0. The molecule has 1 aliphatic rings. The lowest BCUT2D eigenvalue weighted by molar-refractivity contribution is 0.117. The van der Waals surface area contributed by atoms with E-state index in [2.05, 4.69) is 0 Å². The Morgan fingerprint density at radius 2 is 2.14 bits per heavy atom. The van der Waals surface area contributed by atoms with Crippen LogP contribution in [-0.4, -0.2) is 43.2 Å². The molecule has 0 amide bonds. The second kappa shape index (κ2) is 5.17. The van der Waals surface area contributed by atoms with E-state index in [-0.39, 0.29) is 17.3 Å². The second-order valence-electron chi connectivity index (χ2n) is 5.06. The Bertz CT molecular complexity index is 795. The molecule has 2 heterocycles. The summed E-state index contributed by atoms with van der Waals surface area (Å²) >= 11 is 7.08. The molecule has 1 aliphatic heterocycles. The number of halogens is 2. The lowest BCUT2D eigenvalue weighted by Gasteiger charge is -2.14. The summed E-state index contributed by atoms with van der Waals surface area (Å²) in [6, 6.07) is 5.19. The summed E-state index contributed by atoms with van der Waals surface area (Å²) in [5.41, 5.74) is 0.606. The Kier molecular flexibility index (Phi) is 3.74. The van der Waals surface area contributed by atoms with Crippen molar-refractivity contribution in [3.05, 3.63) is 28.8 Å². The summed E-state index contributed by atoms with van der Waals surface area (Å²) in [7, 11) is -3.80. The SMILES string of the molecule is Cc1c(S(=O)(=O)N2C[C@@H](O)[C@H](F)C2)sc2ccc(Cl)cc12. The second-order valence-corrected chi connectivity index (χ2v) is 8.68. The van der Waals surface area contributed by atoms with Gasteiger partial charge >= 0.3 is 0 Å². The predicted molar refractivity (Wildman–Crippen MR) is 81.2 cm³/mol. The third-order valence-electron chi connectivity index (χ3n) is 3.61. The van der Waals surface area contributed by atoms with E-state index < -0.39 is 22.3 Å². The number of benzene rings is 1. The summed E-state index contributed by atoms with van der Waals surface area (Å²) < 4.78 is 40.6. The van der Waals surface area contributed by atoms with Gasteiger partial charge in [-0.05, 0) is 36.1 Å². The quantitative estimate of drug-likeness (QED) is 0.906. The summed E-state index contributed by atoms with van der Waals surface area (Å²) in [4.78, 5) is 0.